The van der Waals surface area contributed by atoms with Crippen molar-refractivity contribution in [2.24, 2.45) is 5.92 Å². The standard InChI is InChI=1S/C13H23F3N2/c1-18-7-5-11(6-8-18)17-12-4-2-3-10(9-12)13(14,15)16/h10-12,17H,2-9H2,1H3. The van der Waals surface area contributed by atoms with E-state index in [0.29, 0.717) is 18.9 Å². The molecule has 0 amide bonds. The highest BCUT2D eigenvalue weighted by Gasteiger charge is 2.42. The van der Waals surface area contributed by atoms with Crippen LogP contribution in [0.3, 0.4) is 0 Å². The van der Waals surface area contributed by atoms with Crippen molar-refractivity contribution in [1.29, 1.82) is 0 Å². The van der Waals surface area contributed by atoms with E-state index >= 15 is 0 Å². The molecule has 2 atom stereocenters. The van der Waals surface area contributed by atoms with Crippen molar-refractivity contribution in [2.75, 3.05) is 20.1 Å². The molecule has 0 aromatic heterocycles. The highest BCUT2D eigenvalue weighted by Crippen LogP contribution is 2.37. The van der Waals surface area contributed by atoms with Gasteiger partial charge in [-0.1, -0.05) is 6.42 Å². The van der Waals surface area contributed by atoms with Crippen molar-refractivity contribution in [3.8, 4) is 0 Å². The lowest BCUT2D eigenvalue weighted by atomic mass is 9.84. The molecule has 2 aliphatic rings. The zero-order chi connectivity index (χ0) is 13.2. The van der Waals surface area contributed by atoms with E-state index in [0.717, 1.165) is 32.4 Å². The number of rotatable bonds is 2. The predicted molar refractivity (Wildman–Crippen MR) is 65.5 cm³/mol. The molecule has 2 nitrogen and oxygen atoms in total. The fraction of sp³-hybridized carbons (Fsp3) is 1.00. The van der Waals surface area contributed by atoms with Crippen LogP contribution in [0, 0.1) is 5.92 Å². The van der Waals surface area contributed by atoms with E-state index in [1.54, 1.807) is 0 Å². The monoisotopic (exact) mass is 264 g/mol. The Kier molecular flexibility index (Phi) is 4.54. The van der Waals surface area contributed by atoms with Gasteiger partial charge >= 0.3 is 6.18 Å². The average molecular weight is 264 g/mol. The molecule has 0 aromatic rings. The van der Waals surface area contributed by atoms with Crippen molar-refractivity contribution < 1.29 is 13.2 Å². The molecule has 1 saturated heterocycles. The number of piperidine rings is 1. The van der Waals surface area contributed by atoms with E-state index in [9.17, 15) is 13.2 Å². The van der Waals surface area contributed by atoms with Gasteiger partial charge in [0.15, 0.2) is 0 Å². The van der Waals surface area contributed by atoms with Gasteiger partial charge in [-0.2, -0.15) is 13.2 Å². The van der Waals surface area contributed by atoms with Gasteiger partial charge in [-0.3, -0.25) is 0 Å². The fourth-order valence-corrected chi connectivity index (χ4v) is 3.15. The Morgan fingerprint density at radius 2 is 1.67 bits per heavy atom. The molecule has 1 saturated carbocycles. The van der Waals surface area contributed by atoms with Crippen molar-refractivity contribution in [1.82, 2.24) is 10.2 Å². The molecule has 2 rings (SSSR count). The van der Waals surface area contributed by atoms with Gasteiger partial charge in [0.25, 0.3) is 0 Å². The maximum absolute atomic E-state index is 12.7. The third-order valence-corrected chi connectivity index (χ3v) is 4.33. The molecule has 1 N–H and O–H groups in total. The second kappa shape index (κ2) is 5.78. The van der Waals surface area contributed by atoms with Gasteiger partial charge in [-0.25, -0.2) is 0 Å². The summed E-state index contributed by atoms with van der Waals surface area (Å²) in [6.45, 7) is 2.10. The maximum Gasteiger partial charge on any atom is 0.391 e. The molecule has 1 aliphatic heterocycles. The first-order valence-corrected chi connectivity index (χ1v) is 6.96. The summed E-state index contributed by atoms with van der Waals surface area (Å²) in [7, 11) is 2.09. The predicted octanol–water partition coefficient (Wildman–Crippen LogP) is 2.79. The van der Waals surface area contributed by atoms with Crippen LogP contribution in [-0.4, -0.2) is 43.3 Å². The molecule has 0 bridgehead atoms. The van der Waals surface area contributed by atoms with Crippen molar-refractivity contribution in [3.05, 3.63) is 0 Å². The van der Waals surface area contributed by atoms with Crippen LogP contribution in [0.15, 0.2) is 0 Å². The average Bonchev–Trinajstić information content (AvgIpc) is 2.31. The summed E-state index contributed by atoms with van der Waals surface area (Å²) >= 11 is 0. The minimum atomic E-state index is -4.01. The van der Waals surface area contributed by atoms with Crippen LogP contribution in [0.2, 0.25) is 0 Å². The third-order valence-electron chi connectivity index (χ3n) is 4.33. The summed E-state index contributed by atoms with van der Waals surface area (Å²) in [5.74, 6) is -1.09. The third kappa shape index (κ3) is 3.85. The number of alkyl halides is 3. The summed E-state index contributed by atoms with van der Waals surface area (Å²) in [4.78, 5) is 2.28. The summed E-state index contributed by atoms with van der Waals surface area (Å²) in [5.41, 5.74) is 0. The zero-order valence-electron chi connectivity index (χ0n) is 11.0. The van der Waals surface area contributed by atoms with Crippen molar-refractivity contribution >= 4 is 0 Å². The summed E-state index contributed by atoms with van der Waals surface area (Å²) in [6.07, 6.45) is 0.304. The van der Waals surface area contributed by atoms with E-state index in [1.807, 2.05) is 0 Å². The summed E-state index contributed by atoms with van der Waals surface area (Å²) in [6, 6.07) is 0.483. The van der Waals surface area contributed by atoms with Gasteiger partial charge in [0.05, 0.1) is 5.92 Å². The highest BCUT2D eigenvalue weighted by molar-refractivity contribution is 4.85. The Bertz CT molecular complexity index is 259. The van der Waals surface area contributed by atoms with Gasteiger partial charge < -0.3 is 10.2 Å². The number of halogens is 3. The summed E-state index contributed by atoms with van der Waals surface area (Å²) < 4.78 is 38.1. The first-order chi connectivity index (χ1) is 8.45. The minimum absolute atomic E-state index is 0.0683. The molecule has 5 heteroatoms. The molecule has 0 aromatic carbocycles. The zero-order valence-corrected chi connectivity index (χ0v) is 11.0. The van der Waals surface area contributed by atoms with Crippen LogP contribution in [0.1, 0.15) is 38.5 Å². The molecular weight excluding hydrogens is 241 g/mol. The molecule has 0 spiro atoms. The number of hydrogen-bond donors (Lipinski definition) is 1. The second-order valence-corrected chi connectivity index (χ2v) is 5.85. The van der Waals surface area contributed by atoms with Crippen LogP contribution in [-0.2, 0) is 0 Å². The summed E-state index contributed by atoms with van der Waals surface area (Å²) in [5, 5.41) is 3.45. The van der Waals surface area contributed by atoms with Gasteiger partial charge in [0.1, 0.15) is 0 Å². The molecule has 2 fully saturated rings. The lowest BCUT2D eigenvalue weighted by Gasteiger charge is -2.36. The Morgan fingerprint density at radius 1 is 1.00 bits per heavy atom. The van der Waals surface area contributed by atoms with Gasteiger partial charge in [-0.05, 0) is 52.2 Å². The minimum Gasteiger partial charge on any atom is -0.311 e. The van der Waals surface area contributed by atoms with E-state index in [1.165, 1.54) is 0 Å². The fourth-order valence-electron chi connectivity index (χ4n) is 3.15. The molecule has 106 valence electrons. The first kappa shape index (κ1) is 14.1. The van der Waals surface area contributed by atoms with E-state index in [2.05, 4.69) is 17.3 Å². The molecule has 0 radical (unpaired) electrons. The Hall–Kier alpha value is -0.290. The van der Waals surface area contributed by atoms with Crippen LogP contribution in [0.4, 0.5) is 13.2 Å². The van der Waals surface area contributed by atoms with E-state index < -0.39 is 12.1 Å². The maximum atomic E-state index is 12.7. The van der Waals surface area contributed by atoms with Crippen LogP contribution in [0.25, 0.3) is 0 Å². The van der Waals surface area contributed by atoms with Crippen LogP contribution < -0.4 is 5.32 Å². The van der Waals surface area contributed by atoms with E-state index in [-0.39, 0.29) is 12.5 Å². The van der Waals surface area contributed by atoms with Crippen molar-refractivity contribution in [3.63, 3.8) is 0 Å². The number of nitrogens with zero attached hydrogens (tertiary/aromatic N) is 1. The van der Waals surface area contributed by atoms with Gasteiger partial charge in [-0.15, -0.1) is 0 Å². The number of hydrogen-bond acceptors (Lipinski definition) is 2. The Labute approximate surface area is 107 Å². The number of nitrogens with one attached hydrogen (secondary N) is 1. The topological polar surface area (TPSA) is 15.3 Å². The Morgan fingerprint density at radius 3 is 2.28 bits per heavy atom. The van der Waals surface area contributed by atoms with Crippen LogP contribution >= 0.6 is 0 Å². The smallest absolute Gasteiger partial charge is 0.311 e. The van der Waals surface area contributed by atoms with Gasteiger partial charge in [0.2, 0.25) is 0 Å². The SMILES string of the molecule is CN1CCC(NC2CCCC(C(F)(F)F)C2)CC1. The lowest BCUT2D eigenvalue weighted by molar-refractivity contribution is -0.184. The van der Waals surface area contributed by atoms with Crippen LogP contribution in [0.5, 0.6) is 0 Å². The second-order valence-electron chi connectivity index (χ2n) is 5.85. The molecule has 2 unspecified atom stereocenters. The largest absolute Gasteiger partial charge is 0.391 e. The van der Waals surface area contributed by atoms with E-state index in [4.69, 9.17) is 0 Å². The van der Waals surface area contributed by atoms with Gasteiger partial charge in [0, 0.05) is 12.1 Å². The highest BCUT2D eigenvalue weighted by atomic mass is 19.4. The normalized spacial score (nSPS) is 32.7. The Balaban J connectivity index is 1.79. The number of likely N-dealkylation sites (tertiary alicyclic amines) is 1. The molecular formula is C13H23F3N2. The first-order valence-electron chi connectivity index (χ1n) is 6.96. The van der Waals surface area contributed by atoms with Crippen molar-refractivity contribution in [2.45, 2.75) is 56.8 Å². The molecule has 1 aliphatic carbocycles. The molecule has 18 heavy (non-hydrogen) atoms. The quantitative estimate of drug-likeness (QED) is 0.825. The molecule has 1 heterocycles. The lowest BCUT2D eigenvalue weighted by Crippen LogP contribution is -2.47.